The Labute approximate surface area is 142 Å². The average Bonchev–Trinajstić information content (AvgIpc) is 3.23. The van der Waals surface area contributed by atoms with E-state index < -0.39 is 0 Å². The van der Waals surface area contributed by atoms with Crippen LogP contribution in [0.25, 0.3) is 0 Å². The van der Waals surface area contributed by atoms with Gasteiger partial charge in [-0.1, -0.05) is 0 Å². The van der Waals surface area contributed by atoms with Crippen molar-refractivity contribution in [2.45, 2.75) is 39.0 Å². The lowest BCUT2D eigenvalue weighted by Gasteiger charge is -2.33. The molecule has 0 aromatic carbocycles. The van der Waals surface area contributed by atoms with E-state index in [-0.39, 0.29) is 17.9 Å². The SMILES string of the molecule is CCn1ccnc1[C@@H]1OCCC[C@H]1C(=O)N(C)Cc1nccn1C. The fourth-order valence-corrected chi connectivity index (χ4v) is 3.26. The largest absolute Gasteiger partial charge is 0.369 e. The van der Waals surface area contributed by atoms with E-state index in [0.29, 0.717) is 13.2 Å². The Hall–Kier alpha value is -2.15. The smallest absolute Gasteiger partial charge is 0.228 e. The summed E-state index contributed by atoms with van der Waals surface area (Å²) >= 11 is 0. The van der Waals surface area contributed by atoms with Crippen LogP contribution < -0.4 is 0 Å². The number of hydrogen-bond acceptors (Lipinski definition) is 4. The van der Waals surface area contributed by atoms with Gasteiger partial charge in [-0.15, -0.1) is 0 Å². The van der Waals surface area contributed by atoms with Gasteiger partial charge in [-0.25, -0.2) is 9.97 Å². The molecule has 7 nitrogen and oxygen atoms in total. The van der Waals surface area contributed by atoms with Crippen LogP contribution in [0.15, 0.2) is 24.8 Å². The van der Waals surface area contributed by atoms with E-state index in [0.717, 1.165) is 31.0 Å². The molecule has 1 saturated heterocycles. The van der Waals surface area contributed by atoms with Crippen LogP contribution in [-0.4, -0.2) is 43.6 Å². The third-order valence-corrected chi connectivity index (χ3v) is 4.66. The maximum absolute atomic E-state index is 13.0. The lowest BCUT2D eigenvalue weighted by molar-refractivity contribution is -0.145. The summed E-state index contributed by atoms with van der Waals surface area (Å²) in [5.74, 6) is 1.61. The van der Waals surface area contributed by atoms with Gasteiger partial charge in [-0.05, 0) is 19.8 Å². The molecular formula is C17H25N5O2. The molecule has 7 heteroatoms. The molecule has 2 atom stereocenters. The number of ether oxygens (including phenoxy) is 1. The van der Waals surface area contributed by atoms with Gasteiger partial charge in [0.25, 0.3) is 0 Å². The molecule has 1 aliphatic rings. The zero-order valence-corrected chi connectivity index (χ0v) is 14.6. The van der Waals surface area contributed by atoms with Gasteiger partial charge in [0.1, 0.15) is 17.8 Å². The van der Waals surface area contributed by atoms with Crippen molar-refractivity contribution in [2.24, 2.45) is 13.0 Å². The molecule has 1 fully saturated rings. The number of carbonyl (C=O) groups is 1. The minimum absolute atomic E-state index is 0.0911. The summed E-state index contributed by atoms with van der Waals surface area (Å²) in [6.45, 7) is 4.05. The molecule has 2 aromatic heterocycles. The fourth-order valence-electron chi connectivity index (χ4n) is 3.26. The predicted molar refractivity (Wildman–Crippen MR) is 89.0 cm³/mol. The summed E-state index contributed by atoms with van der Waals surface area (Å²) in [5, 5.41) is 0. The van der Waals surface area contributed by atoms with Gasteiger partial charge < -0.3 is 18.8 Å². The van der Waals surface area contributed by atoms with E-state index >= 15 is 0 Å². The second-order valence-corrected chi connectivity index (χ2v) is 6.26. The van der Waals surface area contributed by atoms with E-state index in [4.69, 9.17) is 4.74 Å². The first-order valence-electron chi connectivity index (χ1n) is 8.45. The number of hydrogen-bond donors (Lipinski definition) is 0. The quantitative estimate of drug-likeness (QED) is 0.837. The third kappa shape index (κ3) is 3.21. The molecule has 0 N–H and O–H groups in total. The number of rotatable bonds is 5. The Balaban J connectivity index is 1.77. The molecule has 0 saturated carbocycles. The van der Waals surface area contributed by atoms with Gasteiger partial charge in [-0.3, -0.25) is 4.79 Å². The number of aryl methyl sites for hydroxylation is 2. The maximum Gasteiger partial charge on any atom is 0.228 e. The first-order chi connectivity index (χ1) is 11.6. The Kier molecular flexibility index (Phi) is 4.99. The predicted octanol–water partition coefficient (Wildman–Crippen LogP) is 1.76. The van der Waals surface area contributed by atoms with Crippen molar-refractivity contribution in [3.63, 3.8) is 0 Å². The van der Waals surface area contributed by atoms with E-state index in [9.17, 15) is 4.79 Å². The second kappa shape index (κ2) is 7.17. The molecule has 1 aliphatic heterocycles. The highest BCUT2D eigenvalue weighted by Crippen LogP contribution is 2.34. The lowest BCUT2D eigenvalue weighted by Crippen LogP contribution is -2.39. The minimum atomic E-state index is -0.273. The highest BCUT2D eigenvalue weighted by atomic mass is 16.5. The first kappa shape index (κ1) is 16.7. The van der Waals surface area contributed by atoms with Crippen LogP contribution in [-0.2, 0) is 29.7 Å². The molecule has 3 heterocycles. The van der Waals surface area contributed by atoms with Crippen LogP contribution in [0.2, 0.25) is 0 Å². The number of aromatic nitrogens is 4. The number of nitrogens with zero attached hydrogens (tertiary/aromatic N) is 5. The monoisotopic (exact) mass is 331 g/mol. The Morgan fingerprint density at radius 3 is 2.88 bits per heavy atom. The Morgan fingerprint density at radius 1 is 1.38 bits per heavy atom. The zero-order chi connectivity index (χ0) is 17.1. The van der Waals surface area contributed by atoms with Crippen LogP contribution >= 0.6 is 0 Å². The highest BCUT2D eigenvalue weighted by molar-refractivity contribution is 5.79. The molecule has 130 valence electrons. The first-order valence-corrected chi connectivity index (χ1v) is 8.45. The van der Waals surface area contributed by atoms with E-state index in [1.54, 1.807) is 17.3 Å². The summed E-state index contributed by atoms with van der Waals surface area (Å²) in [4.78, 5) is 23.5. The van der Waals surface area contributed by atoms with Gasteiger partial charge in [0.2, 0.25) is 5.91 Å². The van der Waals surface area contributed by atoms with E-state index in [1.165, 1.54) is 0 Å². The molecule has 1 amide bonds. The summed E-state index contributed by atoms with van der Waals surface area (Å²) in [7, 11) is 3.76. The molecule has 0 spiro atoms. The van der Waals surface area contributed by atoms with Crippen molar-refractivity contribution in [1.29, 1.82) is 0 Å². The van der Waals surface area contributed by atoms with Crippen molar-refractivity contribution in [3.05, 3.63) is 36.4 Å². The standard InChI is InChI=1S/C17H25N5O2/c1-4-22-10-8-19-16(22)15-13(6-5-11-24-15)17(23)21(3)12-14-18-7-9-20(14)2/h7-10,13,15H,4-6,11-12H2,1-3H3/t13-,15-/m1/s1. The summed E-state index contributed by atoms with van der Waals surface area (Å²) < 4.78 is 9.94. The topological polar surface area (TPSA) is 65.2 Å². The van der Waals surface area contributed by atoms with Gasteiger partial charge in [-0.2, -0.15) is 0 Å². The molecule has 0 radical (unpaired) electrons. The summed E-state index contributed by atoms with van der Waals surface area (Å²) in [6.07, 6.45) is 8.80. The maximum atomic E-state index is 13.0. The normalized spacial score (nSPS) is 21.0. The van der Waals surface area contributed by atoms with Crippen molar-refractivity contribution in [2.75, 3.05) is 13.7 Å². The van der Waals surface area contributed by atoms with Crippen molar-refractivity contribution >= 4 is 5.91 Å². The molecular weight excluding hydrogens is 306 g/mol. The van der Waals surface area contributed by atoms with Crippen molar-refractivity contribution in [3.8, 4) is 0 Å². The van der Waals surface area contributed by atoms with E-state index in [1.807, 2.05) is 31.1 Å². The number of carbonyl (C=O) groups excluding carboxylic acids is 1. The fraction of sp³-hybridized carbons (Fsp3) is 0.588. The number of amides is 1. The number of imidazole rings is 2. The van der Waals surface area contributed by atoms with Crippen molar-refractivity contribution in [1.82, 2.24) is 24.0 Å². The Bertz CT molecular complexity index is 693. The molecule has 24 heavy (non-hydrogen) atoms. The second-order valence-electron chi connectivity index (χ2n) is 6.26. The average molecular weight is 331 g/mol. The molecule has 2 aromatic rings. The van der Waals surface area contributed by atoms with Crippen molar-refractivity contribution < 1.29 is 9.53 Å². The molecule has 0 bridgehead atoms. The van der Waals surface area contributed by atoms with Gasteiger partial charge in [0.15, 0.2) is 0 Å². The molecule has 0 aliphatic carbocycles. The molecule has 3 rings (SSSR count). The van der Waals surface area contributed by atoms with E-state index in [2.05, 4.69) is 21.5 Å². The van der Waals surface area contributed by atoms with Crippen LogP contribution in [0.3, 0.4) is 0 Å². The van der Waals surface area contributed by atoms with Gasteiger partial charge in [0, 0.05) is 52.0 Å². The lowest BCUT2D eigenvalue weighted by atomic mass is 9.92. The highest BCUT2D eigenvalue weighted by Gasteiger charge is 2.37. The van der Waals surface area contributed by atoms with Crippen LogP contribution in [0.4, 0.5) is 0 Å². The summed E-state index contributed by atoms with van der Waals surface area (Å²) in [6, 6.07) is 0. The Morgan fingerprint density at radius 2 is 2.17 bits per heavy atom. The third-order valence-electron chi connectivity index (χ3n) is 4.66. The van der Waals surface area contributed by atoms with Gasteiger partial charge >= 0.3 is 0 Å². The van der Waals surface area contributed by atoms with Crippen LogP contribution in [0.5, 0.6) is 0 Å². The molecule has 0 unspecified atom stereocenters. The van der Waals surface area contributed by atoms with Crippen LogP contribution in [0.1, 0.15) is 37.5 Å². The van der Waals surface area contributed by atoms with Gasteiger partial charge in [0.05, 0.1) is 12.5 Å². The van der Waals surface area contributed by atoms with Crippen LogP contribution in [0, 0.1) is 5.92 Å². The zero-order valence-electron chi connectivity index (χ0n) is 14.6. The minimum Gasteiger partial charge on any atom is -0.369 e. The summed E-state index contributed by atoms with van der Waals surface area (Å²) in [5.41, 5.74) is 0.